The standard InChI is InChI=1S/C11H8Br2N4S/c12-6-1-2-7(13)8(3-6)17-10-5-15-9(4-16-10)11(14)18/h1-5H,(H2,14,18)(H,16,17). The van der Waals surface area contributed by atoms with Gasteiger partial charge in [-0.05, 0) is 34.1 Å². The highest BCUT2D eigenvalue weighted by molar-refractivity contribution is 9.11. The van der Waals surface area contributed by atoms with Crippen molar-refractivity contribution in [2.45, 2.75) is 0 Å². The van der Waals surface area contributed by atoms with E-state index in [2.05, 4.69) is 47.1 Å². The lowest BCUT2D eigenvalue weighted by molar-refractivity contribution is 1.18. The average molecular weight is 388 g/mol. The van der Waals surface area contributed by atoms with Gasteiger partial charge in [0.1, 0.15) is 16.5 Å². The first-order valence-corrected chi connectivity index (χ1v) is 6.89. The molecule has 7 heteroatoms. The van der Waals surface area contributed by atoms with Crippen LogP contribution in [0.4, 0.5) is 11.5 Å². The highest BCUT2D eigenvalue weighted by Gasteiger charge is 2.04. The predicted octanol–water partition coefficient (Wildman–Crippen LogP) is 3.38. The molecule has 0 aliphatic rings. The summed E-state index contributed by atoms with van der Waals surface area (Å²) in [6.45, 7) is 0. The molecule has 0 aliphatic heterocycles. The van der Waals surface area contributed by atoms with Gasteiger partial charge in [-0.2, -0.15) is 0 Å². The first-order valence-electron chi connectivity index (χ1n) is 4.90. The molecule has 2 rings (SSSR count). The average Bonchev–Trinajstić information content (AvgIpc) is 2.34. The molecule has 1 aromatic carbocycles. The van der Waals surface area contributed by atoms with Gasteiger partial charge >= 0.3 is 0 Å². The molecule has 2 aromatic rings. The fourth-order valence-electron chi connectivity index (χ4n) is 1.25. The van der Waals surface area contributed by atoms with Gasteiger partial charge < -0.3 is 11.1 Å². The molecule has 0 bridgehead atoms. The number of aromatic nitrogens is 2. The quantitative estimate of drug-likeness (QED) is 0.790. The van der Waals surface area contributed by atoms with Crippen molar-refractivity contribution < 1.29 is 0 Å². The number of hydrogen-bond donors (Lipinski definition) is 2. The van der Waals surface area contributed by atoms with Gasteiger partial charge in [0.15, 0.2) is 0 Å². The minimum atomic E-state index is 0.234. The molecule has 0 spiro atoms. The van der Waals surface area contributed by atoms with Gasteiger partial charge in [-0.1, -0.05) is 28.1 Å². The zero-order chi connectivity index (χ0) is 13.1. The molecule has 0 radical (unpaired) electrons. The molecule has 0 amide bonds. The first kappa shape index (κ1) is 13.4. The lowest BCUT2D eigenvalue weighted by Gasteiger charge is -2.08. The Morgan fingerprint density at radius 3 is 2.61 bits per heavy atom. The zero-order valence-corrected chi connectivity index (χ0v) is 13.0. The van der Waals surface area contributed by atoms with Crippen molar-refractivity contribution in [3.05, 3.63) is 45.2 Å². The molecule has 1 heterocycles. The van der Waals surface area contributed by atoms with E-state index in [4.69, 9.17) is 18.0 Å². The van der Waals surface area contributed by atoms with Crippen molar-refractivity contribution in [1.82, 2.24) is 9.97 Å². The maximum absolute atomic E-state index is 5.46. The molecule has 0 unspecified atom stereocenters. The number of hydrogen-bond acceptors (Lipinski definition) is 4. The molecule has 18 heavy (non-hydrogen) atoms. The summed E-state index contributed by atoms with van der Waals surface area (Å²) in [6.07, 6.45) is 3.12. The number of thiocarbonyl (C=S) groups is 1. The highest BCUT2D eigenvalue weighted by Crippen LogP contribution is 2.28. The van der Waals surface area contributed by atoms with Gasteiger partial charge in [0, 0.05) is 8.95 Å². The molecule has 0 saturated carbocycles. The summed E-state index contributed by atoms with van der Waals surface area (Å²) in [5.74, 6) is 0.619. The number of anilines is 2. The molecular weight excluding hydrogens is 380 g/mol. The van der Waals surface area contributed by atoms with Gasteiger partial charge in [-0.25, -0.2) is 9.97 Å². The van der Waals surface area contributed by atoms with E-state index in [1.165, 1.54) is 6.20 Å². The highest BCUT2D eigenvalue weighted by atomic mass is 79.9. The van der Waals surface area contributed by atoms with Crippen LogP contribution in [-0.2, 0) is 0 Å². The van der Waals surface area contributed by atoms with Gasteiger partial charge in [0.2, 0.25) is 0 Å². The molecule has 1 aromatic heterocycles. The van der Waals surface area contributed by atoms with E-state index < -0.39 is 0 Å². The van der Waals surface area contributed by atoms with Crippen LogP contribution in [0.15, 0.2) is 39.5 Å². The van der Waals surface area contributed by atoms with Gasteiger partial charge in [0.05, 0.1) is 18.1 Å². The van der Waals surface area contributed by atoms with Gasteiger partial charge in [-0.3, -0.25) is 0 Å². The molecule has 3 N–H and O–H groups in total. The summed E-state index contributed by atoms with van der Waals surface area (Å²) in [4.78, 5) is 8.53. The molecule has 0 atom stereocenters. The molecule has 0 aliphatic carbocycles. The van der Waals surface area contributed by atoms with Crippen LogP contribution in [0.25, 0.3) is 0 Å². The van der Waals surface area contributed by atoms with E-state index >= 15 is 0 Å². The van der Waals surface area contributed by atoms with Gasteiger partial charge in [0.25, 0.3) is 0 Å². The summed E-state index contributed by atoms with van der Waals surface area (Å²) < 4.78 is 1.91. The second-order valence-corrected chi connectivity index (χ2v) is 5.61. The number of nitrogens with two attached hydrogens (primary N) is 1. The van der Waals surface area contributed by atoms with Crippen molar-refractivity contribution >= 4 is 60.6 Å². The Morgan fingerprint density at radius 2 is 2.00 bits per heavy atom. The fourth-order valence-corrected chi connectivity index (χ4v) is 2.06. The Labute approximate surface area is 126 Å². The van der Waals surface area contributed by atoms with Crippen molar-refractivity contribution in [1.29, 1.82) is 0 Å². The largest absolute Gasteiger partial charge is 0.388 e. The Bertz CT molecular complexity index is 586. The molecule has 0 saturated heterocycles. The summed E-state index contributed by atoms with van der Waals surface area (Å²) in [6, 6.07) is 5.81. The zero-order valence-electron chi connectivity index (χ0n) is 9.02. The Kier molecular flexibility index (Phi) is 4.26. The summed E-state index contributed by atoms with van der Waals surface area (Å²) >= 11 is 11.7. The normalized spacial score (nSPS) is 10.1. The van der Waals surface area contributed by atoms with E-state index in [1.807, 2.05) is 18.2 Å². The molecule has 92 valence electrons. The SMILES string of the molecule is NC(=S)c1cnc(Nc2cc(Br)ccc2Br)cn1. The van der Waals surface area contributed by atoms with Crippen LogP contribution < -0.4 is 11.1 Å². The fraction of sp³-hybridized carbons (Fsp3) is 0. The summed E-state index contributed by atoms with van der Waals surface area (Å²) in [5.41, 5.74) is 6.85. The van der Waals surface area contributed by atoms with E-state index in [0.717, 1.165) is 14.6 Å². The van der Waals surface area contributed by atoms with Crippen LogP contribution in [-0.4, -0.2) is 15.0 Å². The third-order valence-corrected chi connectivity index (χ3v) is 3.49. The number of nitrogens with one attached hydrogen (secondary N) is 1. The van der Waals surface area contributed by atoms with Crippen molar-refractivity contribution in [3.63, 3.8) is 0 Å². The molecule has 4 nitrogen and oxygen atoms in total. The van der Waals surface area contributed by atoms with Gasteiger partial charge in [-0.15, -0.1) is 0 Å². The van der Waals surface area contributed by atoms with Crippen LogP contribution in [0, 0.1) is 0 Å². The second-order valence-electron chi connectivity index (χ2n) is 3.40. The minimum Gasteiger partial charge on any atom is -0.388 e. The third-order valence-electron chi connectivity index (χ3n) is 2.10. The Balaban J connectivity index is 2.23. The molecular formula is C11H8Br2N4S. The van der Waals surface area contributed by atoms with E-state index in [9.17, 15) is 0 Å². The lowest BCUT2D eigenvalue weighted by Crippen LogP contribution is -2.12. The van der Waals surface area contributed by atoms with Crippen molar-refractivity contribution in [2.75, 3.05) is 5.32 Å². The maximum atomic E-state index is 5.46. The first-order chi connectivity index (χ1) is 8.56. The number of benzene rings is 1. The lowest BCUT2D eigenvalue weighted by atomic mass is 10.3. The number of rotatable bonds is 3. The number of halogens is 2. The van der Waals surface area contributed by atoms with Crippen molar-refractivity contribution in [3.8, 4) is 0 Å². The van der Waals surface area contributed by atoms with Crippen LogP contribution in [0.3, 0.4) is 0 Å². The predicted molar refractivity (Wildman–Crippen MR) is 83.0 cm³/mol. The number of nitrogens with zero attached hydrogens (tertiary/aromatic N) is 2. The van der Waals surface area contributed by atoms with Crippen LogP contribution in [0.5, 0.6) is 0 Å². The Hall–Kier alpha value is -1.05. The maximum Gasteiger partial charge on any atom is 0.148 e. The monoisotopic (exact) mass is 386 g/mol. The van der Waals surface area contributed by atoms with Crippen LogP contribution in [0.1, 0.15) is 5.69 Å². The van der Waals surface area contributed by atoms with Crippen LogP contribution >= 0.6 is 44.1 Å². The topological polar surface area (TPSA) is 63.8 Å². The summed E-state index contributed by atoms with van der Waals surface area (Å²) in [5, 5.41) is 3.14. The van der Waals surface area contributed by atoms with Crippen molar-refractivity contribution in [2.24, 2.45) is 5.73 Å². The smallest absolute Gasteiger partial charge is 0.148 e. The molecule has 0 fully saturated rings. The minimum absolute atomic E-state index is 0.234. The van der Waals surface area contributed by atoms with E-state index in [0.29, 0.717) is 11.5 Å². The summed E-state index contributed by atoms with van der Waals surface area (Å²) in [7, 11) is 0. The van der Waals surface area contributed by atoms with Crippen LogP contribution in [0.2, 0.25) is 0 Å². The second kappa shape index (κ2) is 5.73. The third kappa shape index (κ3) is 3.24. The Morgan fingerprint density at radius 1 is 1.22 bits per heavy atom. The van der Waals surface area contributed by atoms with E-state index in [-0.39, 0.29) is 4.99 Å². The van der Waals surface area contributed by atoms with E-state index in [1.54, 1.807) is 6.20 Å².